The standard InChI is InChI=1S/C23H15.C7H8O.2ClH.Ti/c1-2-8-17-15-18(14-13-16(17)7-1)23-21-11-5-3-9-19(21)20-10-4-6-12-22(20)23;8-6-7-4-2-1-3-5-7;;;/h1-14,23H;1-5,8H,6H2;2*1H;/q-1;;;;+3/p-2. The molecule has 1 aliphatic carbocycles. The van der Waals surface area contributed by atoms with Gasteiger partial charge >= 0.3 is 21.7 Å². The number of rotatable bonds is 2. The van der Waals surface area contributed by atoms with E-state index in [4.69, 9.17) is 5.11 Å². The van der Waals surface area contributed by atoms with Gasteiger partial charge < -0.3 is 29.9 Å². The molecule has 0 saturated heterocycles. The number of benzene rings is 5. The average molecular weight is 518 g/mol. The first-order chi connectivity index (χ1) is 15.3. The molecule has 0 heterocycles. The maximum Gasteiger partial charge on any atom is 3.00 e. The van der Waals surface area contributed by atoms with Crippen LogP contribution in [0.2, 0.25) is 0 Å². The van der Waals surface area contributed by atoms with Crippen LogP contribution >= 0.6 is 0 Å². The summed E-state index contributed by atoms with van der Waals surface area (Å²) >= 11 is 0. The van der Waals surface area contributed by atoms with E-state index in [1.165, 1.54) is 38.6 Å². The van der Waals surface area contributed by atoms with E-state index in [0.717, 1.165) is 5.56 Å². The molecule has 5 aromatic carbocycles. The van der Waals surface area contributed by atoms with Crippen LogP contribution in [0.25, 0.3) is 21.9 Å². The zero-order valence-corrected chi connectivity index (χ0v) is 21.5. The quantitative estimate of drug-likeness (QED) is 0.268. The summed E-state index contributed by atoms with van der Waals surface area (Å²) in [6.07, 6.45) is 0. The Balaban J connectivity index is 0.000000322. The van der Waals surface area contributed by atoms with E-state index >= 15 is 0 Å². The van der Waals surface area contributed by atoms with E-state index in [9.17, 15) is 0 Å². The average Bonchev–Trinajstić information content (AvgIpc) is 3.19. The van der Waals surface area contributed by atoms with Crippen molar-refractivity contribution in [3.63, 3.8) is 0 Å². The molecule has 0 amide bonds. The molecule has 0 aliphatic heterocycles. The van der Waals surface area contributed by atoms with Gasteiger partial charge in [-0.1, -0.05) is 91.0 Å². The number of hydrogen-bond acceptors (Lipinski definition) is 1. The first kappa shape index (κ1) is 27.9. The zero-order valence-electron chi connectivity index (χ0n) is 18.5. The summed E-state index contributed by atoms with van der Waals surface area (Å²) in [5.74, 6) is 0.284. The Bertz CT molecular complexity index is 1290. The predicted molar refractivity (Wildman–Crippen MR) is 128 cm³/mol. The van der Waals surface area contributed by atoms with Crippen molar-refractivity contribution in [2.75, 3.05) is 0 Å². The molecular formula is C30H23Cl2OTi. The molecule has 0 spiro atoms. The first-order valence-electron chi connectivity index (χ1n) is 10.6. The van der Waals surface area contributed by atoms with Gasteiger partial charge in [-0.3, -0.25) is 0 Å². The number of aliphatic hydroxyl groups is 1. The maximum atomic E-state index is 8.54. The molecule has 0 saturated carbocycles. The number of fused-ring (bicyclic) bond motifs is 4. The van der Waals surface area contributed by atoms with E-state index in [2.05, 4.69) is 91.0 Å². The van der Waals surface area contributed by atoms with Gasteiger partial charge in [0.15, 0.2) is 0 Å². The molecule has 0 unspecified atom stereocenters. The molecular weight excluding hydrogens is 495 g/mol. The molecule has 0 aromatic heterocycles. The van der Waals surface area contributed by atoms with E-state index in [1.807, 2.05) is 30.3 Å². The van der Waals surface area contributed by atoms with Crippen LogP contribution in [0, 0.1) is 6.07 Å². The molecule has 1 aliphatic rings. The van der Waals surface area contributed by atoms with Crippen LogP contribution in [0.5, 0.6) is 0 Å². The molecule has 4 heteroatoms. The molecule has 34 heavy (non-hydrogen) atoms. The van der Waals surface area contributed by atoms with Crippen molar-refractivity contribution in [3.8, 4) is 11.1 Å². The fourth-order valence-electron chi connectivity index (χ4n) is 4.38. The second-order valence-electron chi connectivity index (χ2n) is 7.75. The van der Waals surface area contributed by atoms with Gasteiger partial charge in [0.1, 0.15) is 0 Å². The molecule has 0 atom stereocenters. The smallest absolute Gasteiger partial charge is 1.00 e. The first-order valence-corrected chi connectivity index (χ1v) is 10.6. The summed E-state index contributed by atoms with van der Waals surface area (Å²) in [5, 5.41) is 11.0. The van der Waals surface area contributed by atoms with E-state index < -0.39 is 0 Å². The van der Waals surface area contributed by atoms with Gasteiger partial charge in [0.25, 0.3) is 0 Å². The molecule has 1 N–H and O–H groups in total. The van der Waals surface area contributed by atoms with E-state index in [-0.39, 0.29) is 59.1 Å². The normalized spacial score (nSPS) is 11.0. The summed E-state index contributed by atoms with van der Waals surface area (Å²) in [5.41, 5.74) is 7.71. The second-order valence-corrected chi connectivity index (χ2v) is 7.75. The Kier molecular flexibility index (Phi) is 10.6. The number of aliphatic hydroxyl groups excluding tert-OH is 1. The Labute approximate surface area is 228 Å². The molecule has 1 radical (unpaired) electrons. The SMILES string of the molecule is OCc1ccccc1.[Cl-].[Cl-].[Ti+3].[c-]1c(C2c3ccccc3-c3ccccc32)ccc2ccccc12. The van der Waals surface area contributed by atoms with Crippen molar-refractivity contribution in [1.82, 2.24) is 0 Å². The minimum absolute atomic E-state index is 0. The zero-order chi connectivity index (χ0) is 21.0. The van der Waals surface area contributed by atoms with Crippen molar-refractivity contribution in [2.45, 2.75) is 12.5 Å². The monoisotopic (exact) mass is 517 g/mol. The third-order valence-electron chi connectivity index (χ3n) is 5.85. The minimum atomic E-state index is 0. The van der Waals surface area contributed by atoms with Gasteiger partial charge in [-0.15, -0.1) is 46.7 Å². The molecule has 5 aromatic rings. The largest absolute Gasteiger partial charge is 3.00 e. The molecule has 6 rings (SSSR count). The summed E-state index contributed by atoms with van der Waals surface area (Å²) < 4.78 is 0. The fourth-order valence-corrected chi connectivity index (χ4v) is 4.38. The topological polar surface area (TPSA) is 20.2 Å². The van der Waals surface area contributed by atoms with Gasteiger partial charge in [0, 0.05) is 5.92 Å². The summed E-state index contributed by atoms with van der Waals surface area (Å²) in [6, 6.07) is 43.6. The summed E-state index contributed by atoms with van der Waals surface area (Å²) in [7, 11) is 0. The van der Waals surface area contributed by atoms with Crippen LogP contribution in [0.1, 0.15) is 28.2 Å². The maximum absolute atomic E-state index is 8.54. The molecule has 1 nitrogen and oxygen atoms in total. The Morgan fingerprint density at radius 2 is 1.12 bits per heavy atom. The van der Waals surface area contributed by atoms with Gasteiger partial charge in [-0.05, 0) is 27.8 Å². The Morgan fingerprint density at radius 1 is 0.588 bits per heavy atom. The van der Waals surface area contributed by atoms with Crippen molar-refractivity contribution in [3.05, 3.63) is 144 Å². The summed E-state index contributed by atoms with van der Waals surface area (Å²) in [6.45, 7) is 0.140. The Morgan fingerprint density at radius 3 is 1.71 bits per heavy atom. The van der Waals surface area contributed by atoms with Gasteiger partial charge in [0.05, 0.1) is 6.61 Å². The van der Waals surface area contributed by atoms with Gasteiger partial charge in [-0.2, -0.15) is 0 Å². The summed E-state index contributed by atoms with van der Waals surface area (Å²) in [4.78, 5) is 0. The van der Waals surface area contributed by atoms with Gasteiger partial charge in [0.2, 0.25) is 0 Å². The van der Waals surface area contributed by atoms with Crippen molar-refractivity contribution in [1.29, 1.82) is 0 Å². The van der Waals surface area contributed by atoms with Crippen molar-refractivity contribution < 1.29 is 51.6 Å². The number of halogens is 2. The second kappa shape index (κ2) is 12.9. The fraction of sp³-hybridized carbons (Fsp3) is 0.0667. The van der Waals surface area contributed by atoms with Crippen LogP contribution in [0.3, 0.4) is 0 Å². The minimum Gasteiger partial charge on any atom is -1.00 e. The van der Waals surface area contributed by atoms with Crippen molar-refractivity contribution in [2.24, 2.45) is 0 Å². The van der Waals surface area contributed by atoms with E-state index in [1.54, 1.807) is 0 Å². The van der Waals surface area contributed by atoms with E-state index in [0.29, 0.717) is 0 Å². The predicted octanol–water partition coefficient (Wildman–Crippen LogP) is 0.985. The van der Waals surface area contributed by atoms with Crippen LogP contribution in [-0.4, -0.2) is 5.11 Å². The van der Waals surface area contributed by atoms with Crippen LogP contribution in [-0.2, 0) is 28.3 Å². The molecule has 0 bridgehead atoms. The van der Waals surface area contributed by atoms with Crippen LogP contribution in [0.4, 0.5) is 0 Å². The van der Waals surface area contributed by atoms with Gasteiger partial charge in [-0.25, -0.2) is 0 Å². The molecule has 0 fully saturated rings. The third kappa shape index (κ3) is 5.63. The van der Waals surface area contributed by atoms with Crippen molar-refractivity contribution >= 4 is 10.8 Å². The molecule has 167 valence electrons. The Hall–Kier alpha value is -2.39. The van der Waals surface area contributed by atoms with Crippen LogP contribution in [0.15, 0.2) is 115 Å². The van der Waals surface area contributed by atoms with Crippen LogP contribution < -0.4 is 24.8 Å². The number of hydrogen-bond donors (Lipinski definition) is 1. The third-order valence-corrected chi connectivity index (χ3v) is 5.85.